The predicted molar refractivity (Wildman–Crippen MR) is 90.3 cm³/mol. The van der Waals surface area contributed by atoms with Crippen LogP contribution in [0.25, 0.3) is 10.6 Å². The molecule has 6 nitrogen and oxygen atoms in total. The number of para-hydroxylation sites is 1. The van der Waals surface area contributed by atoms with Gasteiger partial charge in [0.05, 0.1) is 11.4 Å². The molecule has 0 fully saturated rings. The Balaban J connectivity index is 1.52. The molecular formula is C15H11N5OS2. The molecule has 0 saturated heterocycles. The van der Waals surface area contributed by atoms with E-state index in [1.807, 2.05) is 35.7 Å². The van der Waals surface area contributed by atoms with Crippen LogP contribution in [0.5, 0.6) is 0 Å². The average Bonchev–Trinajstić information content (AvgIpc) is 3.23. The Bertz CT molecular complexity index is 1010. The summed E-state index contributed by atoms with van der Waals surface area (Å²) in [6.07, 6.45) is 3.41. The molecule has 0 unspecified atom stereocenters. The van der Waals surface area contributed by atoms with Crippen LogP contribution in [0.4, 0.5) is 0 Å². The largest absolute Gasteiger partial charge is 0.269 e. The molecule has 0 aliphatic carbocycles. The average molecular weight is 341 g/mol. The Labute approximate surface area is 139 Å². The van der Waals surface area contributed by atoms with Gasteiger partial charge in [-0.1, -0.05) is 30.0 Å². The van der Waals surface area contributed by atoms with E-state index in [1.165, 1.54) is 23.1 Å². The van der Waals surface area contributed by atoms with Crippen molar-refractivity contribution in [3.8, 4) is 5.69 Å². The molecule has 4 aromatic rings. The zero-order valence-electron chi connectivity index (χ0n) is 11.9. The molecule has 0 N–H and O–H groups in total. The minimum Gasteiger partial charge on any atom is -0.269 e. The lowest BCUT2D eigenvalue weighted by molar-refractivity contribution is 0.834. The normalized spacial score (nSPS) is 11.1. The molecule has 3 aromatic heterocycles. The van der Waals surface area contributed by atoms with Crippen LogP contribution in [0.2, 0.25) is 0 Å². The van der Waals surface area contributed by atoms with Gasteiger partial charge in [0.25, 0.3) is 5.56 Å². The van der Waals surface area contributed by atoms with Gasteiger partial charge in [-0.3, -0.25) is 9.20 Å². The minimum absolute atomic E-state index is 0.0605. The molecule has 3 heterocycles. The molecule has 8 heteroatoms. The van der Waals surface area contributed by atoms with E-state index in [-0.39, 0.29) is 5.56 Å². The molecule has 0 radical (unpaired) electrons. The van der Waals surface area contributed by atoms with E-state index in [1.54, 1.807) is 27.7 Å². The zero-order valence-corrected chi connectivity index (χ0v) is 13.5. The number of nitrogens with zero attached hydrogens (tertiary/aromatic N) is 5. The Morgan fingerprint density at radius 1 is 1.22 bits per heavy atom. The predicted octanol–water partition coefficient (Wildman–Crippen LogP) is 2.63. The Morgan fingerprint density at radius 2 is 2.09 bits per heavy atom. The van der Waals surface area contributed by atoms with E-state index in [4.69, 9.17) is 0 Å². The first kappa shape index (κ1) is 14.2. The topological polar surface area (TPSA) is 65.1 Å². The number of benzene rings is 1. The van der Waals surface area contributed by atoms with Crippen LogP contribution >= 0.6 is 23.1 Å². The van der Waals surface area contributed by atoms with Crippen LogP contribution in [0, 0.1) is 0 Å². The van der Waals surface area contributed by atoms with Gasteiger partial charge in [-0.05, 0) is 12.1 Å². The molecule has 0 bridgehead atoms. The second kappa shape index (κ2) is 5.98. The van der Waals surface area contributed by atoms with Gasteiger partial charge in [-0.2, -0.15) is 0 Å². The third-order valence-electron chi connectivity index (χ3n) is 3.20. The number of hydrogen-bond donors (Lipinski definition) is 0. The zero-order chi connectivity index (χ0) is 15.6. The van der Waals surface area contributed by atoms with Gasteiger partial charge in [0.1, 0.15) is 6.33 Å². The maximum absolute atomic E-state index is 11.9. The third-order valence-corrected chi connectivity index (χ3v) is 4.84. The highest BCUT2D eigenvalue weighted by Crippen LogP contribution is 2.19. The van der Waals surface area contributed by atoms with E-state index in [2.05, 4.69) is 15.1 Å². The Hall–Kier alpha value is -2.45. The maximum Gasteiger partial charge on any atom is 0.258 e. The molecule has 4 rings (SSSR count). The number of fused-ring (bicyclic) bond motifs is 1. The molecule has 0 saturated carbocycles. The lowest BCUT2D eigenvalue weighted by atomic mass is 10.3. The highest BCUT2D eigenvalue weighted by atomic mass is 32.2. The van der Waals surface area contributed by atoms with Gasteiger partial charge < -0.3 is 0 Å². The van der Waals surface area contributed by atoms with Gasteiger partial charge in [-0.15, -0.1) is 16.4 Å². The summed E-state index contributed by atoms with van der Waals surface area (Å²) in [6.45, 7) is 0. The number of rotatable bonds is 4. The van der Waals surface area contributed by atoms with Crippen molar-refractivity contribution in [2.75, 3.05) is 0 Å². The summed E-state index contributed by atoms with van der Waals surface area (Å²) in [4.78, 5) is 21.4. The van der Waals surface area contributed by atoms with Crippen molar-refractivity contribution < 1.29 is 0 Å². The summed E-state index contributed by atoms with van der Waals surface area (Å²) in [5.41, 5.74) is 1.64. The van der Waals surface area contributed by atoms with Crippen molar-refractivity contribution >= 4 is 28.1 Å². The fourth-order valence-corrected chi connectivity index (χ4v) is 3.55. The van der Waals surface area contributed by atoms with Gasteiger partial charge in [0.15, 0.2) is 4.96 Å². The maximum atomic E-state index is 11.9. The molecule has 23 heavy (non-hydrogen) atoms. The SMILES string of the molecule is O=c1cc(CSc2ncn(-c3ccccc3)n2)nc2sccn12. The van der Waals surface area contributed by atoms with Gasteiger partial charge in [-0.25, -0.2) is 14.6 Å². The molecule has 0 amide bonds. The van der Waals surface area contributed by atoms with E-state index >= 15 is 0 Å². The van der Waals surface area contributed by atoms with E-state index in [0.29, 0.717) is 15.9 Å². The summed E-state index contributed by atoms with van der Waals surface area (Å²) in [5, 5.41) is 6.94. The molecule has 0 spiro atoms. The molecule has 0 atom stereocenters. The lowest BCUT2D eigenvalue weighted by Crippen LogP contribution is -2.12. The third kappa shape index (κ3) is 2.90. The van der Waals surface area contributed by atoms with Crippen molar-refractivity contribution in [3.63, 3.8) is 0 Å². The number of aromatic nitrogens is 5. The quantitative estimate of drug-likeness (QED) is 0.534. The van der Waals surface area contributed by atoms with Crippen LogP contribution < -0.4 is 5.56 Å². The summed E-state index contributed by atoms with van der Waals surface area (Å²) < 4.78 is 3.27. The molecule has 0 aliphatic heterocycles. The van der Waals surface area contributed by atoms with Crippen LogP contribution in [0.15, 0.2) is 64.3 Å². The fourth-order valence-electron chi connectivity index (χ4n) is 2.12. The van der Waals surface area contributed by atoms with Crippen molar-refractivity contribution in [1.29, 1.82) is 0 Å². The minimum atomic E-state index is -0.0605. The highest BCUT2D eigenvalue weighted by Gasteiger charge is 2.07. The van der Waals surface area contributed by atoms with E-state index in [9.17, 15) is 4.79 Å². The summed E-state index contributed by atoms with van der Waals surface area (Å²) in [6, 6.07) is 11.4. The summed E-state index contributed by atoms with van der Waals surface area (Å²) >= 11 is 2.91. The van der Waals surface area contributed by atoms with Gasteiger partial charge in [0, 0.05) is 23.4 Å². The molecular weight excluding hydrogens is 330 g/mol. The second-order valence-corrected chi connectivity index (χ2v) is 6.55. The molecule has 1 aromatic carbocycles. The first-order valence-corrected chi connectivity index (χ1v) is 8.72. The number of thiazole rings is 1. The molecule has 114 valence electrons. The monoisotopic (exact) mass is 341 g/mol. The Kier molecular flexibility index (Phi) is 3.68. The van der Waals surface area contributed by atoms with Gasteiger partial charge >= 0.3 is 0 Å². The van der Waals surface area contributed by atoms with Crippen LogP contribution in [0.1, 0.15) is 5.69 Å². The second-order valence-electron chi connectivity index (χ2n) is 4.74. The standard InChI is InChI=1S/C15H11N5OS2/c21-13-8-11(17-15-19(13)6-7-22-15)9-23-14-16-10-20(18-14)12-4-2-1-3-5-12/h1-8,10H,9H2. The summed E-state index contributed by atoms with van der Waals surface area (Å²) in [5.74, 6) is 0.558. The van der Waals surface area contributed by atoms with Gasteiger partial charge in [0.2, 0.25) is 5.16 Å². The van der Waals surface area contributed by atoms with Crippen LogP contribution in [-0.4, -0.2) is 24.1 Å². The van der Waals surface area contributed by atoms with Crippen molar-refractivity contribution in [2.45, 2.75) is 10.9 Å². The number of hydrogen-bond acceptors (Lipinski definition) is 6. The Morgan fingerprint density at radius 3 is 2.96 bits per heavy atom. The van der Waals surface area contributed by atoms with E-state index < -0.39 is 0 Å². The number of thioether (sulfide) groups is 1. The highest BCUT2D eigenvalue weighted by molar-refractivity contribution is 7.98. The first-order valence-electron chi connectivity index (χ1n) is 6.85. The fraction of sp³-hybridized carbons (Fsp3) is 0.0667. The van der Waals surface area contributed by atoms with Crippen LogP contribution in [-0.2, 0) is 5.75 Å². The smallest absolute Gasteiger partial charge is 0.258 e. The lowest BCUT2D eigenvalue weighted by Gasteiger charge is -1.99. The van der Waals surface area contributed by atoms with Crippen LogP contribution in [0.3, 0.4) is 0 Å². The van der Waals surface area contributed by atoms with E-state index in [0.717, 1.165) is 11.4 Å². The van der Waals surface area contributed by atoms with Crippen molar-refractivity contribution in [2.24, 2.45) is 0 Å². The molecule has 0 aliphatic rings. The van der Waals surface area contributed by atoms with Crippen molar-refractivity contribution in [1.82, 2.24) is 24.1 Å². The first-order chi connectivity index (χ1) is 11.3. The van der Waals surface area contributed by atoms with Crippen molar-refractivity contribution in [3.05, 3.63) is 70.4 Å². The summed E-state index contributed by atoms with van der Waals surface area (Å²) in [7, 11) is 0.